The zero-order valence-electron chi connectivity index (χ0n) is 25.5. The van der Waals surface area contributed by atoms with Crippen LogP contribution in [0.25, 0.3) is 0 Å². The van der Waals surface area contributed by atoms with Gasteiger partial charge in [-0.25, -0.2) is 9.98 Å². The Labute approximate surface area is 301 Å². The molecular formula is C33H29Br2N5O4S3. The largest absolute Gasteiger partial charge is 0.484 e. The van der Waals surface area contributed by atoms with Gasteiger partial charge in [-0.2, -0.15) is 0 Å². The lowest BCUT2D eigenvalue weighted by atomic mass is 9.81. The fourth-order valence-electron chi connectivity index (χ4n) is 6.42. The van der Waals surface area contributed by atoms with Crippen molar-refractivity contribution >= 4 is 89.2 Å². The number of amides is 2. The van der Waals surface area contributed by atoms with E-state index >= 15 is 0 Å². The van der Waals surface area contributed by atoms with E-state index in [0.717, 1.165) is 40.7 Å². The molecule has 0 saturated heterocycles. The normalized spacial score (nSPS) is 25.9. The Balaban J connectivity index is 0.000000150. The average molecular weight is 816 g/mol. The summed E-state index contributed by atoms with van der Waals surface area (Å²) in [7, 11) is 3.45. The Morgan fingerprint density at radius 3 is 1.70 bits per heavy atom. The van der Waals surface area contributed by atoms with Crippen LogP contribution >= 0.6 is 66.3 Å². The summed E-state index contributed by atoms with van der Waals surface area (Å²) in [6.07, 6.45) is 2.53. The minimum absolute atomic E-state index is 0.0102. The van der Waals surface area contributed by atoms with Gasteiger partial charge in [-0.15, -0.1) is 22.7 Å². The van der Waals surface area contributed by atoms with Crippen molar-refractivity contribution in [3.8, 4) is 11.5 Å². The van der Waals surface area contributed by atoms with Crippen molar-refractivity contribution in [2.24, 2.45) is 15.7 Å². The number of benzene rings is 2. The van der Waals surface area contributed by atoms with Crippen LogP contribution in [0.5, 0.6) is 11.5 Å². The molecule has 0 fully saturated rings. The molecule has 2 aromatic carbocycles. The van der Waals surface area contributed by atoms with Crippen molar-refractivity contribution in [3.05, 3.63) is 101 Å². The number of ether oxygens (including phenoxy) is 2. The number of carbonyl (C=O) groups is 2. The Morgan fingerprint density at radius 2 is 1.30 bits per heavy atom. The number of nitrogens with two attached hydrogens (primary N) is 1. The summed E-state index contributed by atoms with van der Waals surface area (Å²) in [6, 6.07) is 19.5. The van der Waals surface area contributed by atoms with Gasteiger partial charge in [-0.3, -0.25) is 19.4 Å². The first-order valence-corrected chi connectivity index (χ1v) is 19.2. The highest BCUT2D eigenvalue weighted by atomic mass is 79.9. The third kappa shape index (κ3) is 5.41. The van der Waals surface area contributed by atoms with Crippen LogP contribution in [0, 0.1) is 0 Å². The molecule has 0 saturated carbocycles. The zero-order chi connectivity index (χ0) is 33.1. The number of hydrogen-bond acceptors (Lipinski definition) is 10. The number of carbonyl (C=O) groups excluding carboxylic acids is 2. The molecule has 2 spiro atoms. The maximum Gasteiger partial charge on any atom is 0.261 e. The van der Waals surface area contributed by atoms with Crippen molar-refractivity contribution in [1.82, 2.24) is 9.80 Å². The van der Waals surface area contributed by atoms with Gasteiger partial charge < -0.3 is 15.2 Å². The summed E-state index contributed by atoms with van der Waals surface area (Å²) >= 11 is 11.7. The Kier molecular flexibility index (Phi) is 8.52. The molecule has 2 N–H and O–H groups in total. The van der Waals surface area contributed by atoms with E-state index in [1.165, 1.54) is 16.7 Å². The molecule has 4 unspecified atom stereocenters. The topological polar surface area (TPSA) is 110 Å². The molecule has 8 rings (SSSR count). The van der Waals surface area contributed by atoms with E-state index in [1.807, 2.05) is 71.6 Å². The van der Waals surface area contributed by atoms with E-state index < -0.39 is 11.1 Å². The van der Waals surface area contributed by atoms with Crippen LogP contribution in [0.2, 0.25) is 0 Å². The smallest absolute Gasteiger partial charge is 0.261 e. The number of thiophene rings is 2. The van der Waals surface area contributed by atoms with Crippen LogP contribution in [0.3, 0.4) is 0 Å². The van der Waals surface area contributed by atoms with E-state index in [2.05, 4.69) is 42.9 Å². The number of aliphatic imine (C=N–C) groups is 2. The van der Waals surface area contributed by atoms with E-state index in [4.69, 9.17) is 20.2 Å². The Morgan fingerprint density at radius 1 is 0.809 bits per heavy atom. The predicted molar refractivity (Wildman–Crippen MR) is 194 cm³/mol. The number of halogens is 2. The van der Waals surface area contributed by atoms with Crippen molar-refractivity contribution in [2.45, 2.75) is 36.1 Å². The summed E-state index contributed by atoms with van der Waals surface area (Å²) in [6.45, 7) is 0. The minimum atomic E-state index is -1.01. The van der Waals surface area contributed by atoms with Gasteiger partial charge in [0.25, 0.3) is 11.8 Å². The molecule has 4 aliphatic heterocycles. The maximum atomic E-state index is 13.2. The first-order valence-electron chi connectivity index (χ1n) is 14.6. The van der Waals surface area contributed by atoms with Crippen LogP contribution in [-0.4, -0.2) is 53.1 Å². The molecule has 4 aliphatic rings. The standard InChI is InChI=1S/C17H15BrN2O2S2.C16H14BrN3O2S/c1-20-15(21)17(19-16(20)23-2)9-13(14-4-3-7-24-14)22-12-6-5-10(18)8-11(12)17;1-20-14(21)16(19-15(20)18)8-12(13-3-2-6-23-13)22-11-5-4-9(17)7-10(11)16/h3-8,13H,9H2,1-2H3;2-7,12H,8H2,1H3,(H2,18,19). The quantitative estimate of drug-likeness (QED) is 0.226. The molecular weight excluding hydrogens is 786 g/mol. The van der Waals surface area contributed by atoms with Gasteiger partial charge in [-0.1, -0.05) is 55.8 Å². The molecule has 14 heteroatoms. The molecule has 4 aromatic rings. The SMILES string of the molecule is CN1C(=O)C2(CC(c3cccs3)Oc3ccc(Br)cc32)N=C1N.CSC1=NC2(CC(c3cccs3)Oc3ccc(Br)cc32)C(=O)N1C. The van der Waals surface area contributed by atoms with Crippen molar-refractivity contribution in [1.29, 1.82) is 0 Å². The number of likely N-dealkylation sites (N-methyl/N-ethyl adjacent to an activating group) is 2. The molecule has 6 heterocycles. The van der Waals surface area contributed by atoms with Crippen LogP contribution in [0.4, 0.5) is 0 Å². The first kappa shape index (κ1) is 32.4. The van der Waals surface area contributed by atoms with Crippen LogP contribution < -0.4 is 15.2 Å². The van der Waals surface area contributed by atoms with Crippen LogP contribution in [0.1, 0.15) is 45.9 Å². The summed E-state index contributed by atoms with van der Waals surface area (Å²) < 4.78 is 14.2. The lowest BCUT2D eigenvalue weighted by Gasteiger charge is -2.36. The molecule has 47 heavy (non-hydrogen) atoms. The highest BCUT2D eigenvalue weighted by molar-refractivity contribution is 9.10. The number of hydrogen-bond donors (Lipinski definition) is 1. The molecule has 4 atom stereocenters. The van der Waals surface area contributed by atoms with Crippen molar-refractivity contribution in [2.75, 3.05) is 20.4 Å². The van der Waals surface area contributed by atoms with Crippen molar-refractivity contribution in [3.63, 3.8) is 0 Å². The third-order valence-corrected chi connectivity index (χ3v) is 12.4. The summed E-state index contributed by atoms with van der Waals surface area (Å²) in [5.74, 6) is 1.55. The van der Waals surface area contributed by atoms with Gasteiger partial charge in [0.2, 0.25) is 0 Å². The second-order valence-electron chi connectivity index (χ2n) is 11.5. The number of thioether (sulfide) groups is 1. The van der Waals surface area contributed by atoms with Crippen LogP contribution in [-0.2, 0) is 20.7 Å². The lowest BCUT2D eigenvalue weighted by Crippen LogP contribution is -2.43. The average Bonchev–Trinajstić information content (AvgIpc) is 3.88. The number of guanidine groups is 1. The fraction of sp³-hybridized carbons (Fsp3) is 0.273. The molecule has 0 aliphatic carbocycles. The molecule has 242 valence electrons. The second kappa shape index (κ2) is 12.4. The monoisotopic (exact) mass is 813 g/mol. The Hall–Kier alpha value is -3.17. The summed E-state index contributed by atoms with van der Waals surface area (Å²) in [5.41, 5.74) is 5.63. The van der Waals surface area contributed by atoms with Crippen LogP contribution in [0.15, 0.2) is 90.4 Å². The zero-order valence-corrected chi connectivity index (χ0v) is 31.1. The second-order valence-corrected chi connectivity index (χ2v) is 16.0. The summed E-state index contributed by atoms with van der Waals surface area (Å²) in [5, 5.41) is 4.78. The number of nitrogens with zero attached hydrogens (tertiary/aromatic N) is 4. The molecule has 0 bridgehead atoms. The van der Waals surface area contributed by atoms with Gasteiger partial charge in [0.1, 0.15) is 23.7 Å². The number of amidine groups is 1. The molecule has 2 amide bonds. The molecule has 9 nitrogen and oxygen atoms in total. The van der Waals surface area contributed by atoms with Gasteiger partial charge in [0, 0.05) is 56.8 Å². The van der Waals surface area contributed by atoms with Gasteiger partial charge in [0.15, 0.2) is 22.2 Å². The predicted octanol–water partition coefficient (Wildman–Crippen LogP) is 7.44. The van der Waals surface area contributed by atoms with E-state index in [9.17, 15) is 9.59 Å². The fourth-order valence-corrected chi connectivity index (χ4v) is 9.25. The summed E-state index contributed by atoms with van der Waals surface area (Å²) in [4.78, 5) is 40.8. The highest BCUT2D eigenvalue weighted by Crippen LogP contribution is 2.52. The van der Waals surface area contributed by atoms with E-state index in [-0.39, 0.29) is 30.0 Å². The van der Waals surface area contributed by atoms with Gasteiger partial charge in [-0.05, 0) is 65.5 Å². The van der Waals surface area contributed by atoms with E-state index in [1.54, 1.807) is 41.7 Å². The minimum Gasteiger partial charge on any atom is -0.484 e. The van der Waals surface area contributed by atoms with Gasteiger partial charge >= 0.3 is 0 Å². The van der Waals surface area contributed by atoms with E-state index in [0.29, 0.717) is 18.6 Å². The molecule has 0 radical (unpaired) electrons. The van der Waals surface area contributed by atoms with Gasteiger partial charge in [0.05, 0.1) is 0 Å². The molecule has 2 aromatic heterocycles. The number of fused-ring (bicyclic) bond motifs is 4. The number of rotatable bonds is 2. The van der Waals surface area contributed by atoms with Crippen molar-refractivity contribution < 1.29 is 19.1 Å². The highest BCUT2D eigenvalue weighted by Gasteiger charge is 2.55. The third-order valence-electron chi connectivity index (χ3n) is 8.72. The maximum absolute atomic E-state index is 13.2. The first-order chi connectivity index (χ1) is 22.6. The lowest BCUT2D eigenvalue weighted by molar-refractivity contribution is -0.133. The Bertz CT molecular complexity index is 1940.